The quantitative estimate of drug-likeness (QED) is 0.0483. The number of nitrogens with one attached hydrogen (secondary N) is 2. The van der Waals surface area contributed by atoms with Gasteiger partial charge < -0.3 is 46.3 Å². The van der Waals surface area contributed by atoms with Crippen LogP contribution < -0.4 is 11.1 Å². The number of guanidine groups is 1. The summed E-state index contributed by atoms with van der Waals surface area (Å²) in [5.41, 5.74) is 5.60. The Labute approximate surface area is 414 Å². The van der Waals surface area contributed by atoms with E-state index < -0.39 is 64.0 Å². The van der Waals surface area contributed by atoms with Crippen LogP contribution in [0.2, 0.25) is 0 Å². The average molecular weight is 959 g/mol. The molecule has 12 heteroatoms. The van der Waals surface area contributed by atoms with Gasteiger partial charge in [0.1, 0.15) is 0 Å². The van der Waals surface area contributed by atoms with Gasteiger partial charge in [0, 0.05) is 54.4 Å². The summed E-state index contributed by atoms with van der Waals surface area (Å²) in [7, 11) is 0. The highest BCUT2D eigenvalue weighted by Crippen LogP contribution is 2.72. The zero-order valence-corrected chi connectivity index (χ0v) is 41.7. The molecule has 378 valence electrons. The summed E-state index contributed by atoms with van der Waals surface area (Å²) >= 11 is 0. The number of aromatic amines is 1. The van der Waals surface area contributed by atoms with Crippen molar-refractivity contribution in [3.63, 3.8) is 0 Å². The zero-order valence-electron chi connectivity index (χ0n) is 41.7. The molecule has 10 rings (SSSR count). The van der Waals surface area contributed by atoms with E-state index in [1.807, 2.05) is 55.7 Å². The van der Waals surface area contributed by atoms with Crippen molar-refractivity contribution in [2.75, 3.05) is 13.2 Å². The third-order valence-electron chi connectivity index (χ3n) is 20.3. The fourth-order valence-corrected chi connectivity index (χ4v) is 16.8. The molecule has 7 aliphatic carbocycles. The number of carbonyl (C=O) groups is 2. The Morgan fingerprint density at radius 1 is 0.957 bits per heavy atom. The smallest absolute Gasteiger partial charge is 0.313 e. The molecule has 2 heterocycles. The van der Waals surface area contributed by atoms with E-state index in [1.54, 1.807) is 13.0 Å². The van der Waals surface area contributed by atoms with E-state index in [4.69, 9.17) is 10.5 Å². The summed E-state index contributed by atoms with van der Waals surface area (Å²) in [6, 6.07) is 11.8. The summed E-state index contributed by atoms with van der Waals surface area (Å²) in [5.74, 6) is 6.23. The molecule has 0 bridgehead atoms. The lowest BCUT2D eigenvalue weighted by Crippen LogP contribution is -2.64. The SMILES string of the molecule is CC1CCC2=CCC3C(C)CC(O)C(C)(O)C4C(CC#CC(C5COC(=O)C5c5cc[nH]c5)CC3C2C1)CC1(O)C2=CC(=O)C3CC(O)C(O)CC3(C)C2CCC41CCNC(N)=NCc1ccccc1. The third-order valence-corrected chi connectivity index (χ3v) is 20.3. The number of aliphatic imine (C=N–C) groups is 1. The highest BCUT2D eigenvalue weighted by Gasteiger charge is 2.73. The maximum absolute atomic E-state index is 14.4. The van der Waals surface area contributed by atoms with Crippen molar-refractivity contribution in [1.82, 2.24) is 10.3 Å². The number of nitrogens with zero attached hydrogens (tertiary/aromatic N) is 1. The van der Waals surface area contributed by atoms with Crippen molar-refractivity contribution in [2.45, 2.75) is 153 Å². The molecule has 12 nitrogen and oxygen atoms in total. The largest absolute Gasteiger partial charge is 0.465 e. The molecule has 0 radical (unpaired) electrons. The van der Waals surface area contributed by atoms with E-state index in [0.29, 0.717) is 62.6 Å². The number of fused-ring (bicyclic) bond motifs is 10. The fourth-order valence-electron chi connectivity index (χ4n) is 16.8. The first-order valence-electron chi connectivity index (χ1n) is 26.7. The molecule has 9 N–H and O–H groups in total. The lowest BCUT2D eigenvalue weighted by atomic mass is 9.44. The molecular formula is C58H78N4O8. The van der Waals surface area contributed by atoms with Crippen LogP contribution in [0.4, 0.5) is 0 Å². The van der Waals surface area contributed by atoms with Gasteiger partial charge in [0.2, 0.25) is 0 Å². The number of rotatable bonds is 7. The van der Waals surface area contributed by atoms with Gasteiger partial charge in [-0.3, -0.25) is 9.59 Å². The Bertz CT molecular complexity index is 2420. The fraction of sp³-hybridized carbons (Fsp3) is 0.672. The van der Waals surface area contributed by atoms with Gasteiger partial charge in [-0.1, -0.05) is 68.7 Å². The third kappa shape index (κ3) is 8.41. The Morgan fingerprint density at radius 3 is 2.53 bits per heavy atom. The van der Waals surface area contributed by atoms with Gasteiger partial charge in [-0.2, -0.15) is 0 Å². The number of hydrogen-bond acceptors (Lipinski definition) is 9. The highest BCUT2D eigenvalue weighted by atomic mass is 16.5. The minimum Gasteiger partial charge on any atom is -0.465 e. The van der Waals surface area contributed by atoms with Gasteiger partial charge in [-0.05, 0) is 160 Å². The number of aliphatic hydroxyl groups is 5. The first-order valence-corrected chi connectivity index (χ1v) is 26.7. The van der Waals surface area contributed by atoms with Crippen molar-refractivity contribution < 1.29 is 39.9 Å². The average Bonchev–Trinajstić information content (AvgIpc) is 4.06. The molecule has 0 amide bonds. The standard InChI is InChI=1S/C58H78N4O8/c1-33-13-14-36-15-16-40-34(2)24-50(66)56(4,68)52-38(12-8-11-37(25-42(40)41(36)23-33)43-32-70-53(67)51(43)39-18-21-60-31-39)28-58(69)45-26-47(63)46-27-48(64)49(65)29-55(46,3)44(45)17-19-57(52,58)20-22-61-54(59)62-30-35-9-6-5-7-10-35/h5-7,9-10,15,18,21,26,31,33-34,37-38,40-44,46,48-52,60,64-66,68-69H,12-14,16-17,19-20,22-25,27-30,32H2,1-4H3,(H3,59,61,62). The summed E-state index contributed by atoms with van der Waals surface area (Å²) in [6.45, 7) is 9.41. The molecular weight excluding hydrogens is 881 g/mol. The topological polar surface area (TPSA) is 211 Å². The maximum atomic E-state index is 14.4. The van der Waals surface area contributed by atoms with Crippen LogP contribution in [0.15, 0.2) is 77.1 Å². The van der Waals surface area contributed by atoms with E-state index >= 15 is 0 Å². The van der Waals surface area contributed by atoms with Crippen LogP contribution >= 0.6 is 0 Å². The molecule has 4 saturated carbocycles. The molecule has 1 aliphatic heterocycles. The Hall–Kier alpha value is -4.25. The van der Waals surface area contributed by atoms with Crippen molar-refractivity contribution in [3.05, 3.63) is 83.2 Å². The van der Waals surface area contributed by atoms with Crippen LogP contribution in [-0.2, 0) is 20.9 Å². The second-order valence-corrected chi connectivity index (χ2v) is 24.1. The zero-order chi connectivity index (χ0) is 49.3. The minimum absolute atomic E-state index is 0.0224. The van der Waals surface area contributed by atoms with Crippen LogP contribution in [0.25, 0.3) is 0 Å². The Balaban J connectivity index is 1.07. The number of ketones is 1. The van der Waals surface area contributed by atoms with Gasteiger partial charge in [0.15, 0.2) is 11.7 Å². The lowest BCUT2D eigenvalue weighted by molar-refractivity contribution is -0.189. The van der Waals surface area contributed by atoms with E-state index in [9.17, 15) is 35.1 Å². The van der Waals surface area contributed by atoms with Crippen LogP contribution in [0.5, 0.6) is 0 Å². The highest BCUT2D eigenvalue weighted by molar-refractivity contribution is 5.95. The summed E-state index contributed by atoms with van der Waals surface area (Å²) in [4.78, 5) is 35.9. The molecule has 8 aliphatic rings. The number of cyclic esters (lactones) is 1. The molecule has 5 fully saturated rings. The number of ether oxygens (including phenoxy) is 1. The molecule has 2 aromatic rings. The monoisotopic (exact) mass is 959 g/mol. The summed E-state index contributed by atoms with van der Waals surface area (Å²) in [6.07, 6.45) is 12.5. The van der Waals surface area contributed by atoms with E-state index in [0.717, 1.165) is 36.8 Å². The van der Waals surface area contributed by atoms with Crippen LogP contribution in [0.3, 0.4) is 0 Å². The molecule has 19 unspecified atom stereocenters. The molecule has 19 atom stereocenters. The van der Waals surface area contributed by atoms with Crippen LogP contribution in [0, 0.1) is 87.8 Å². The number of esters is 1. The second-order valence-electron chi connectivity index (χ2n) is 24.1. The number of H-pyrrole nitrogens is 1. The van der Waals surface area contributed by atoms with E-state index in [-0.39, 0.29) is 79.1 Å². The van der Waals surface area contributed by atoms with Gasteiger partial charge in [-0.25, -0.2) is 4.99 Å². The molecule has 1 aromatic heterocycles. The number of nitrogens with two attached hydrogens (primary N) is 1. The van der Waals surface area contributed by atoms with Crippen molar-refractivity contribution >= 4 is 17.7 Å². The second kappa shape index (κ2) is 19.0. The normalized spacial score (nSPS) is 44.9. The predicted octanol–water partition coefficient (Wildman–Crippen LogP) is 6.73. The maximum Gasteiger partial charge on any atom is 0.313 e. The van der Waals surface area contributed by atoms with Gasteiger partial charge in [0.25, 0.3) is 0 Å². The number of aliphatic hydroxyl groups excluding tert-OH is 3. The van der Waals surface area contributed by atoms with Gasteiger partial charge in [0.05, 0.1) is 48.6 Å². The summed E-state index contributed by atoms with van der Waals surface area (Å²) in [5, 5.41) is 65.7. The minimum atomic E-state index is -1.69. The van der Waals surface area contributed by atoms with Crippen LogP contribution in [-0.4, -0.2) is 90.9 Å². The number of aromatic nitrogens is 1. The van der Waals surface area contributed by atoms with Crippen molar-refractivity contribution in [3.8, 4) is 11.8 Å². The molecule has 70 heavy (non-hydrogen) atoms. The first-order chi connectivity index (χ1) is 33.4. The molecule has 0 spiro atoms. The predicted molar refractivity (Wildman–Crippen MR) is 267 cm³/mol. The Morgan fingerprint density at radius 2 is 1.76 bits per heavy atom. The van der Waals surface area contributed by atoms with Crippen LogP contribution in [0.1, 0.15) is 128 Å². The molecule has 1 saturated heterocycles. The van der Waals surface area contributed by atoms with Crippen molar-refractivity contribution in [1.29, 1.82) is 0 Å². The first kappa shape index (κ1) is 49.3. The molecule has 1 aromatic carbocycles. The van der Waals surface area contributed by atoms with E-state index in [2.05, 4.69) is 47.1 Å². The van der Waals surface area contributed by atoms with Crippen molar-refractivity contribution in [2.24, 2.45) is 86.7 Å². The van der Waals surface area contributed by atoms with E-state index in [1.165, 1.54) is 12.0 Å². The van der Waals surface area contributed by atoms with Gasteiger partial charge >= 0.3 is 5.97 Å². The number of benzene rings is 1. The number of carbonyl (C=O) groups excluding carboxylic acids is 2. The number of hydrogen-bond donors (Lipinski definition) is 8. The Kier molecular flexibility index (Phi) is 13.4. The summed E-state index contributed by atoms with van der Waals surface area (Å²) < 4.78 is 5.92. The van der Waals surface area contributed by atoms with Gasteiger partial charge in [-0.15, -0.1) is 5.92 Å². The number of allylic oxidation sites excluding steroid dienone is 3. The lowest BCUT2D eigenvalue weighted by Gasteiger charge is -2.61.